The first-order valence-electron chi connectivity index (χ1n) is 5.45. The van der Waals surface area contributed by atoms with Crippen molar-refractivity contribution in [3.63, 3.8) is 0 Å². The number of ether oxygens (including phenoxy) is 2. The van der Waals surface area contributed by atoms with Gasteiger partial charge in [-0.1, -0.05) is 11.6 Å². The van der Waals surface area contributed by atoms with Crippen molar-refractivity contribution >= 4 is 28.8 Å². The number of rotatable bonds is 4. The summed E-state index contributed by atoms with van der Waals surface area (Å²) in [6.07, 6.45) is 0.678. The zero-order valence-corrected chi connectivity index (χ0v) is 10.8. The maximum Gasteiger partial charge on any atom is 0.163 e. The largest absolute Gasteiger partial charge is 0.493 e. The highest BCUT2D eigenvalue weighted by Crippen LogP contribution is 2.32. The zero-order chi connectivity index (χ0) is 13.1. The van der Waals surface area contributed by atoms with Gasteiger partial charge in [-0.05, 0) is 19.1 Å². The number of carbonyl (C=O) groups excluding carboxylic acids is 1. The number of hydrogen-bond acceptors (Lipinski definition) is 4. The van der Waals surface area contributed by atoms with Crippen LogP contribution in [0.1, 0.15) is 17.3 Å². The SMILES string of the molecule is CCOc1cc2nc(Cl)c(C=O)cc2cc1OC. The molecule has 94 valence electrons. The van der Waals surface area contributed by atoms with Crippen molar-refractivity contribution in [2.45, 2.75) is 6.92 Å². The van der Waals surface area contributed by atoms with E-state index in [-0.39, 0.29) is 5.15 Å². The number of aldehydes is 1. The quantitative estimate of drug-likeness (QED) is 0.630. The molecule has 0 spiro atoms. The van der Waals surface area contributed by atoms with Crippen molar-refractivity contribution in [2.75, 3.05) is 13.7 Å². The molecule has 5 heteroatoms. The first-order chi connectivity index (χ1) is 8.69. The van der Waals surface area contributed by atoms with Crippen LogP contribution in [0, 0.1) is 0 Å². The van der Waals surface area contributed by atoms with Crippen molar-refractivity contribution in [3.8, 4) is 11.5 Å². The van der Waals surface area contributed by atoms with E-state index in [1.54, 1.807) is 25.3 Å². The standard InChI is InChI=1S/C13H12ClNO3/c1-3-18-12-6-10-8(5-11(12)17-2)4-9(7-16)13(14)15-10/h4-7H,3H2,1-2H3. The van der Waals surface area contributed by atoms with Crippen molar-refractivity contribution < 1.29 is 14.3 Å². The number of halogens is 1. The molecule has 0 saturated heterocycles. The van der Waals surface area contributed by atoms with E-state index in [2.05, 4.69) is 4.98 Å². The van der Waals surface area contributed by atoms with Crippen LogP contribution in [0.25, 0.3) is 10.9 Å². The minimum absolute atomic E-state index is 0.185. The predicted molar refractivity (Wildman–Crippen MR) is 69.9 cm³/mol. The number of pyridine rings is 1. The van der Waals surface area contributed by atoms with Crippen LogP contribution >= 0.6 is 11.6 Å². The molecule has 0 unspecified atom stereocenters. The van der Waals surface area contributed by atoms with Gasteiger partial charge in [0.05, 0.1) is 24.8 Å². The van der Waals surface area contributed by atoms with E-state index in [0.29, 0.717) is 35.5 Å². The molecule has 0 bridgehead atoms. The minimum Gasteiger partial charge on any atom is -0.493 e. The summed E-state index contributed by atoms with van der Waals surface area (Å²) in [5.41, 5.74) is 1.02. The summed E-state index contributed by atoms with van der Waals surface area (Å²) in [6.45, 7) is 2.42. The molecule has 0 amide bonds. The molecule has 18 heavy (non-hydrogen) atoms. The smallest absolute Gasteiger partial charge is 0.163 e. The Morgan fingerprint density at radius 3 is 2.72 bits per heavy atom. The Morgan fingerprint density at radius 2 is 2.11 bits per heavy atom. The third kappa shape index (κ3) is 2.24. The number of aromatic nitrogens is 1. The molecule has 4 nitrogen and oxygen atoms in total. The molecule has 2 rings (SSSR count). The first kappa shape index (κ1) is 12.6. The molecule has 2 aromatic rings. The fraction of sp³-hybridized carbons (Fsp3) is 0.231. The summed E-state index contributed by atoms with van der Waals surface area (Å²) in [5, 5.41) is 0.965. The molecule has 0 aliphatic heterocycles. The van der Waals surface area contributed by atoms with E-state index in [1.165, 1.54) is 0 Å². The Hall–Kier alpha value is -1.81. The number of nitrogens with zero attached hydrogens (tertiary/aromatic N) is 1. The Labute approximate surface area is 109 Å². The Bertz CT molecular complexity index is 598. The fourth-order valence-electron chi connectivity index (χ4n) is 1.69. The lowest BCUT2D eigenvalue weighted by molar-refractivity contribution is 0.112. The monoisotopic (exact) mass is 265 g/mol. The summed E-state index contributed by atoms with van der Waals surface area (Å²) >= 11 is 5.89. The van der Waals surface area contributed by atoms with Gasteiger partial charge in [0.25, 0.3) is 0 Å². The summed E-state index contributed by atoms with van der Waals surface area (Å²) in [5.74, 6) is 1.21. The van der Waals surface area contributed by atoms with Gasteiger partial charge in [-0.15, -0.1) is 0 Å². The molecular weight excluding hydrogens is 254 g/mol. The number of fused-ring (bicyclic) bond motifs is 1. The number of hydrogen-bond donors (Lipinski definition) is 0. The number of methoxy groups -OCH3 is 1. The van der Waals surface area contributed by atoms with E-state index in [1.807, 2.05) is 6.92 Å². The van der Waals surface area contributed by atoms with E-state index >= 15 is 0 Å². The molecule has 0 aliphatic rings. The molecule has 0 saturated carbocycles. The Balaban J connectivity index is 2.66. The average molecular weight is 266 g/mol. The van der Waals surface area contributed by atoms with Gasteiger partial charge in [0.1, 0.15) is 5.15 Å². The molecule has 0 fully saturated rings. The maximum absolute atomic E-state index is 10.8. The number of carbonyl (C=O) groups is 1. The van der Waals surface area contributed by atoms with Crippen LogP contribution in [0.4, 0.5) is 0 Å². The van der Waals surface area contributed by atoms with Crippen molar-refractivity contribution in [1.29, 1.82) is 0 Å². The van der Waals surface area contributed by atoms with Gasteiger partial charge < -0.3 is 9.47 Å². The van der Waals surface area contributed by atoms with Crippen LogP contribution in [0.3, 0.4) is 0 Å². The maximum atomic E-state index is 10.8. The Kier molecular flexibility index (Phi) is 3.67. The molecule has 0 aliphatic carbocycles. The second kappa shape index (κ2) is 5.23. The van der Waals surface area contributed by atoms with Crippen molar-refractivity contribution in [1.82, 2.24) is 4.98 Å². The zero-order valence-electron chi connectivity index (χ0n) is 10.1. The van der Waals surface area contributed by atoms with Gasteiger partial charge in [0, 0.05) is 11.5 Å². The molecule has 1 aromatic heterocycles. The normalized spacial score (nSPS) is 10.4. The van der Waals surface area contributed by atoms with Crippen LogP contribution in [-0.4, -0.2) is 25.0 Å². The summed E-state index contributed by atoms with van der Waals surface area (Å²) < 4.78 is 10.7. The second-order valence-electron chi connectivity index (χ2n) is 3.62. The minimum atomic E-state index is 0.185. The lowest BCUT2D eigenvalue weighted by atomic mass is 10.1. The van der Waals surface area contributed by atoms with E-state index in [9.17, 15) is 4.79 Å². The lowest BCUT2D eigenvalue weighted by Crippen LogP contribution is -1.96. The topological polar surface area (TPSA) is 48.4 Å². The van der Waals surface area contributed by atoms with Gasteiger partial charge in [-0.25, -0.2) is 4.98 Å². The molecule has 0 N–H and O–H groups in total. The van der Waals surface area contributed by atoms with E-state index < -0.39 is 0 Å². The molecule has 0 atom stereocenters. The van der Waals surface area contributed by atoms with Gasteiger partial charge in [0.15, 0.2) is 17.8 Å². The van der Waals surface area contributed by atoms with Crippen LogP contribution in [0.2, 0.25) is 5.15 Å². The highest BCUT2D eigenvalue weighted by Gasteiger charge is 2.10. The highest BCUT2D eigenvalue weighted by molar-refractivity contribution is 6.32. The predicted octanol–water partition coefficient (Wildman–Crippen LogP) is 3.11. The summed E-state index contributed by atoms with van der Waals surface area (Å²) in [4.78, 5) is 15.0. The first-order valence-corrected chi connectivity index (χ1v) is 5.83. The van der Waals surface area contributed by atoms with Gasteiger partial charge in [-0.3, -0.25) is 4.79 Å². The third-order valence-corrected chi connectivity index (χ3v) is 2.81. The van der Waals surface area contributed by atoms with Crippen molar-refractivity contribution in [2.24, 2.45) is 0 Å². The number of benzene rings is 1. The van der Waals surface area contributed by atoms with Gasteiger partial charge >= 0.3 is 0 Å². The van der Waals surface area contributed by atoms with Crippen LogP contribution in [0.15, 0.2) is 18.2 Å². The summed E-state index contributed by atoms with van der Waals surface area (Å²) in [7, 11) is 1.56. The highest BCUT2D eigenvalue weighted by atomic mass is 35.5. The van der Waals surface area contributed by atoms with Crippen molar-refractivity contribution in [3.05, 3.63) is 28.9 Å². The van der Waals surface area contributed by atoms with Crippen LogP contribution < -0.4 is 9.47 Å². The Morgan fingerprint density at radius 1 is 1.33 bits per heavy atom. The van der Waals surface area contributed by atoms with Crippen LogP contribution in [0.5, 0.6) is 11.5 Å². The van der Waals surface area contributed by atoms with E-state index in [0.717, 1.165) is 5.39 Å². The average Bonchev–Trinajstić information content (AvgIpc) is 2.37. The second-order valence-corrected chi connectivity index (χ2v) is 3.97. The molecule has 1 aromatic carbocycles. The van der Waals surface area contributed by atoms with Crippen LogP contribution in [-0.2, 0) is 0 Å². The van der Waals surface area contributed by atoms with Gasteiger partial charge in [0.2, 0.25) is 0 Å². The molecule has 1 heterocycles. The summed E-state index contributed by atoms with van der Waals surface area (Å²) in [6, 6.07) is 5.20. The lowest BCUT2D eigenvalue weighted by Gasteiger charge is -2.10. The third-order valence-electron chi connectivity index (χ3n) is 2.51. The fourth-order valence-corrected chi connectivity index (χ4v) is 1.88. The molecule has 0 radical (unpaired) electrons. The molecular formula is C13H12ClNO3. The van der Waals surface area contributed by atoms with E-state index in [4.69, 9.17) is 21.1 Å². The van der Waals surface area contributed by atoms with Gasteiger partial charge in [-0.2, -0.15) is 0 Å².